The lowest BCUT2D eigenvalue weighted by Gasteiger charge is -1.99. The van der Waals surface area contributed by atoms with Crippen molar-refractivity contribution in [2.75, 3.05) is 0 Å². The van der Waals surface area contributed by atoms with Gasteiger partial charge in [-0.25, -0.2) is 4.39 Å². The molecule has 0 fully saturated rings. The number of nitriles is 2. The molecule has 4 heteroatoms. The van der Waals surface area contributed by atoms with Gasteiger partial charge in [0.15, 0.2) is 0 Å². The molecule has 0 saturated heterocycles. The number of rotatable bonds is 3. The van der Waals surface area contributed by atoms with E-state index in [1.807, 2.05) is 35.0 Å². The Kier molecular flexibility index (Phi) is 3.91. The Bertz CT molecular complexity index is 984. The third-order valence-corrected chi connectivity index (χ3v) is 3.62. The molecule has 0 bridgehead atoms. The van der Waals surface area contributed by atoms with Gasteiger partial charge in [0.2, 0.25) is 0 Å². The van der Waals surface area contributed by atoms with Crippen LogP contribution in [-0.4, -0.2) is 4.57 Å². The molecule has 0 aliphatic rings. The van der Waals surface area contributed by atoms with Crippen LogP contribution in [0, 0.1) is 28.5 Å². The predicted molar refractivity (Wildman–Crippen MR) is 87.4 cm³/mol. The number of aromatic nitrogens is 1. The van der Waals surface area contributed by atoms with Crippen molar-refractivity contribution >= 4 is 22.6 Å². The first-order valence-electron chi connectivity index (χ1n) is 7.05. The molecule has 0 aliphatic carbocycles. The summed E-state index contributed by atoms with van der Waals surface area (Å²) < 4.78 is 15.2. The second-order valence-corrected chi connectivity index (χ2v) is 5.07. The minimum absolute atomic E-state index is 0.232. The van der Waals surface area contributed by atoms with Gasteiger partial charge in [-0.3, -0.25) is 0 Å². The average molecular weight is 301 g/mol. The van der Waals surface area contributed by atoms with E-state index in [-0.39, 0.29) is 12.4 Å². The topological polar surface area (TPSA) is 52.5 Å². The van der Waals surface area contributed by atoms with Crippen LogP contribution in [0.15, 0.2) is 54.7 Å². The van der Waals surface area contributed by atoms with Gasteiger partial charge in [-0.1, -0.05) is 30.3 Å². The van der Waals surface area contributed by atoms with Crippen molar-refractivity contribution in [3.8, 4) is 12.1 Å². The average Bonchev–Trinajstić information content (AvgIpc) is 2.91. The lowest BCUT2D eigenvalue weighted by atomic mass is 10.0. The van der Waals surface area contributed by atoms with Crippen molar-refractivity contribution in [1.82, 2.24) is 4.57 Å². The van der Waals surface area contributed by atoms with E-state index in [0.29, 0.717) is 11.1 Å². The highest BCUT2D eigenvalue weighted by molar-refractivity contribution is 5.98. The first-order chi connectivity index (χ1) is 11.2. The summed E-state index contributed by atoms with van der Waals surface area (Å²) in [5, 5.41) is 19.3. The van der Waals surface area contributed by atoms with E-state index in [4.69, 9.17) is 5.26 Å². The normalized spacial score (nSPS) is 11.2. The Morgan fingerprint density at radius 3 is 2.70 bits per heavy atom. The minimum atomic E-state index is -0.379. The molecule has 0 unspecified atom stereocenters. The molecule has 1 heterocycles. The summed E-state index contributed by atoms with van der Waals surface area (Å²) in [6.07, 6.45) is 3.56. The molecule has 1 aromatic heterocycles. The number of halogens is 1. The van der Waals surface area contributed by atoms with E-state index >= 15 is 0 Å². The second-order valence-electron chi connectivity index (χ2n) is 5.07. The molecule has 0 amide bonds. The van der Waals surface area contributed by atoms with Crippen molar-refractivity contribution in [2.45, 2.75) is 6.54 Å². The van der Waals surface area contributed by atoms with Crippen molar-refractivity contribution < 1.29 is 4.39 Å². The van der Waals surface area contributed by atoms with Crippen molar-refractivity contribution in [3.05, 3.63) is 71.7 Å². The van der Waals surface area contributed by atoms with E-state index < -0.39 is 0 Å². The second kappa shape index (κ2) is 6.17. The number of para-hydroxylation sites is 1. The highest BCUT2D eigenvalue weighted by Gasteiger charge is 2.08. The zero-order chi connectivity index (χ0) is 16.2. The number of benzene rings is 2. The smallest absolute Gasteiger partial charge is 0.123 e. The van der Waals surface area contributed by atoms with Gasteiger partial charge >= 0.3 is 0 Å². The maximum absolute atomic E-state index is 13.4. The molecule has 0 spiro atoms. The summed E-state index contributed by atoms with van der Waals surface area (Å²) in [5.74, 6) is -0.379. The molecule has 0 radical (unpaired) electrons. The molecular formula is C19H12FN3. The Labute approximate surface area is 133 Å². The molecular weight excluding hydrogens is 289 g/mol. The standard InChI is InChI=1S/C19H12FN3/c20-17-5-3-4-14(11-17)15(12-22)10-16-13-23(9-8-21)19-7-2-1-6-18(16)19/h1-7,10-11,13H,9H2/b15-10-. The first-order valence-corrected chi connectivity index (χ1v) is 7.05. The summed E-state index contributed by atoms with van der Waals surface area (Å²) in [7, 11) is 0. The number of allylic oxidation sites excluding steroid dienone is 1. The van der Waals surface area contributed by atoms with Gasteiger partial charge in [0.25, 0.3) is 0 Å². The number of nitrogens with zero attached hydrogens (tertiary/aromatic N) is 3. The van der Waals surface area contributed by atoms with Crippen LogP contribution in [0.3, 0.4) is 0 Å². The van der Waals surface area contributed by atoms with Crippen LogP contribution in [0.5, 0.6) is 0 Å². The van der Waals surface area contributed by atoms with Crippen molar-refractivity contribution in [3.63, 3.8) is 0 Å². The highest BCUT2D eigenvalue weighted by Crippen LogP contribution is 2.26. The van der Waals surface area contributed by atoms with Crippen LogP contribution in [-0.2, 0) is 6.54 Å². The molecule has 3 nitrogen and oxygen atoms in total. The molecule has 0 aliphatic heterocycles. The van der Waals surface area contributed by atoms with Crippen molar-refractivity contribution in [2.24, 2.45) is 0 Å². The largest absolute Gasteiger partial charge is 0.333 e. The maximum Gasteiger partial charge on any atom is 0.123 e. The predicted octanol–water partition coefficient (Wildman–Crippen LogP) is 4.37. The summed E-state index contributed by atoms with van der Waals surface area (Å²) in [6, 6.07) is 17.9. The number of fused-ring (bicyclic) bond motifs is 1. The van der Waals surface area contributed by atoms with Gasteiger partial charge in [-0.05, 0) is 29.8 Å². The Morgan fingerprint density at radius 2 is 1.96 bits per heavy atom. The number of hydrogen-bond donors (Lipinski definition) is 0. The van der Waals surface area contributed by atoms with Crippen LogP contribution in [0.4, 0.5) is 4.39 Å². The van der Waals surface area contributed by atoms with Crippen LogP contribution in [0.25, 0.3) is 22.6 Å². The minimum Gasteiger partial charge on any atom is -0.333 e. The van der Waals surface area contributed by atoms with Gasteiger partial charge in [-0.2, -0.15) is 10.5 Å². The zero-order valence-corrected chi connectivity index (χ0v) is 12.2. The molecule has 23 heavy (non-hydrogen) atoms. The Balaban J connectivity index is 2.16. The van der Waals surface area contributed by atoms with Gasteiger partial charge in [0, 0.05) is 22.7 Å². The molecule has 0 atom stereocenters. The summed E-state index contributed by atoms with van der Waals surface area (Å²) >= 11 is 0. The van der Waals surface area contributed by atoms with E-state index in [1.54, 1.807) is 18.2 Å². The Hall–Kier alpha value is -3.37. The first kappa shape index (κ1) is 14.6. The fourth-order valence-corrected chi connectivity index (χ4v) is 2.59. The fraction of sp³-hybridized carbons (Fsp3) is 0.0526. The van der Waals surface area contributed by atoms with Gasteiger partial charge in [0.1, 0.15) is 12.4 Å². The van der Waals surface area contributed by atoms with Crippen LogP contribution in [0.1, 0.15) is 11.1 Å². The third kappa shape index (κ3) is 2.84. The summed E-state index contributed by atoms with van der Waals surface area (Å²) in [5.41, 5.74) is 2.67. The van der Waals surface area contributed by atoms with Gasteiger partial charge < -0.3 is 4.57 Å². The van der Waals surface area contributed by atoms with E-state index in [9.17, 15) is 9.65 Å². The Morgan fingerprint density at radius 1 is 1.13 bits per heavy atom. The molecule has 0 N–H and O–H groups in total. The van der Waals surface area contributed by atoms with E-state index in [0.717, 1.165) is 16.5 Å². The van der Waals surface area contributed by atoms with Gasteiger partial charge in [0.05, 0.1) is 17.7 Å². The maximum atomic E-state index is 13.4. The SMILES string of the molecule is N#CCn1cc(/C=C(/C#N)c2cccc(F)c2)c2ccccc21. The van der Waals surface area contributed by atoms with Crippen molar-refractivity contribution in [1.29, 1.82) is 10.5 Å². The fourth-order valence-electron chi connectivity index (χ4n) is 2.59. The lowest BCUT2D eigenvalue weighted by molar-refractivity contribution is 0.627. The van der Waals surface area contributed by atoms with Crippen LogP contribution in [0.2, 0.25) is 0 Å². The molecule has 2 aromatic carbocycles. The molecule has 3 aromatic rings. The summed E-state index contributed by atoms with van der Waals surface area (Å²) in [4.78, 5) is 0. The molecule has 0 saturated carbocycles. The number of hydrogen-bond acceptors (Lipinski definition) is 2. The third-order valence-electron chi connectivity index (χ3n) is 3.62. The highest BCUT2D eigenvalue weighted by atomic mass is 19.1. The monoisotopic (exact) mass is 301 g/mol. The lowest BCUT2D eigenvalue weighted by Crippen LogP contribution is -1.91. The van der Waals surface area contributed by atoms with E-state index in [1.165, 1.54) is 12.1 Å². The van der Waals surface area contributed by atoms with Gasteiger partial charge in [-0.15, -0.1) is 0 Å². The van der Waals surface area contributed by atoms with Crippen LogP contribution >= 0.6 is 0 Å². The molecule has 3 rings (SSSR count). The summed E-state index contributed by atoms with van der Waals surface area (Å²) in [6.45, 7) is 0.232. The van der Waals surface area contributed by atoms with E-state index in [2.05, 4.69) is 12.1 Å². The van der Waals surface area contributed by atoms with Crippen LogP contribution < -0.4 is 0 Å². The quantitative estimate of drug-likeness (QED) is 0.675. The molecule has 110 valence electrons. The zero-order valence-electron chi connectivity index (χ0n) is 12.2.